The quantitative estimate of drug-likeness (QED) is 0.775. The smallest absolute Gasteiger partial charge is 0.314 e. The van der Waals surface area contributed by atoms with Gasteiger partial charge < -0.3 is 15.4 Å². The second-order valence-electron chi connectivity index (χ2n) is 5.73. The van der Waals surface area contributed by atoms with Crippen LogP contribution in [0.3, 0.4) is 0 Å². The highest BCUT2D eigenvalue weighted by molar-refractivity contribution is 6.43. The molecule has 0 aromatic heterocycles. The van der Waals surface area contributed by atoms with E-state index in [9.17, 15) is 9.59 Å². The second kappa shape index (κ2) is 8.87. The van der Waals surface area contributed by atoms with E-state index >= 15 is 0 Å². The zero-order chi connectivity index (χ0) is 18.2. The molecule has 2 N–H and O–H groups in total. The highest BCUT2D eigenvalue weighted by Crippen LogP contribution is 2.27. The maximum absolute atomic E-state index is 12.3. The SMILES string of the molecule is CCOc1ccccc1NC(=O)C(=O)Nc1ccccc1C(C)CC. The second-order valence-corrected chi connectivity index (χ2v) is 5.73. The first kappa shape index (κ1) is 18.5. The summed E-state index contributed by atoms with van der Waals surface area (Å²) in [5.74, 6) is -0.613. The first-order valence-corrected chi connectivity index (χ1v) is 8.49. The number of rotatable bonds is 6. The van der Waals surface area contributed by atoms with Gasteiger partial charge in [0.1, 0.15) is 5.75 Å². The molecule has 0 fully saturated rings. The van der Waals surface area contributed by atoms with Gasteiger partial charge in [-0.2, -0.15) is 0 Å². The van der Waals surface area contributed by atoms with Crippen molar-refractivity contribution in [1.82, 2.24) is 0 Å². The van der Waals surface area contributed by atoms with Gasteiger partial charge in [-0.25, -0.2) is 0 Å². The number of nitrogens with one attached hydrogen (secondary N) is 2. The summed E-state index contributed by atoms with van der Waals surface area (Å²) in [6.45, 7) is 6.50. The molecule has 0 radical (unpaired) electrons. The van der Waals surface area contributed by atoms with Gasteiger partial charge in [0.25, 0.3) is 0 Å². The number of hydrogen-bond donors (Lipinski definition) is 2. The molecular weight excluding hydrogens is 316 g/mol. The van der Waals surface area contributed by atoms with Crippen molar-refractivity contribution in [3.8, 4) is 5.75 Å². The van der Waals surface area contributed by atoms with Crippen LogP contribution < -0.4 is 15.4 Å². The molecule has 0 aliphatic heterocycles. The van der Waals surface area contributed by atoms with Crippen LogP contribution in [0, 0.1) is 0 Å². The van der Waals surface area contributed by atoms with E-state index in [4.69, 9.17) is 4.74 Å². The highest BCUT2D eigenvalue weighted by Gasteiger charge is 2.18. The van der Waals surface area contributed by atoms with Gasteiger partial charge >= 0.3 is 11.8 Å². The van der Waals surface area contributed by atoms with E-state index in [0.717, 1.165) is 12.0 Å². The molecule has 2 aromatic carbocycles. The van der Waals surface area contributed by atoms with E-state index in [0.29, 0.717) is 29.6 Å². The van der Waals surface area contributed by atoms with Gasteiger partial charge in [-0.3, -0.25) is 9.59 Å². The van der Waals surface area contributed by atoms with Crippen molar-refractivity contribution in [3.63, 3.8) is 0 Å². The van der Waals surface area contributed by atoms with Crippen molar-refractivity contribution in [3.05, 3.63) is 54.1 Å². The van der Waals surface area contributed by atoms with Crippen LogP contribution in [0.1, 0.15) is 38.7 Å². The maximum Gasteiger partial charge on any atom is 0.314 e. The van der Waals surface area contributed by atoms with Gasteiger partial charge in [0.05, 0.1) is 12.3 Å². The molecule has 2 amide bonds. The Hall–Kier alpha value is -2.82. The van der Waals surface area contributed by atoms with Crippen molar-refractivity contribution in [1.29, 1.82) is 0 Å². The Balaban J connectivity index is 2.11. The molecule has 0 heterocycles. The van der Waals surface area contributed by atoms with Crippen LogP contribution in [0.25, 0.3) is 0 Å². The summed E-state index contributed by atoms with van der Waals surface area (Å²) in [5.41, 5.74) is 2.15. The monoisotopic (exact) mass is 340 g/mol. The van der Waals surface area contributed by atoms with Gasteiger partial charge in [0, 0.05) is 5.69 Å². The summed E-state index contributed by atoms with van der Waals surface area (Å²) in [4.78, 5) is 24.5. The van der Waals surface area contributed by atoms with E-state index in [-0.39, 0.29) is 0 Å². The zero-order valence-electron chi connectivity index (χ0n) is 14.8. The van der Waals surface area contributed by atoms with Gasteiger partial charge in [0.2, 0.25) is 0 Å². The molecule has 1 unspecified atom stereocenters. The molecule has 1 atom stereocenters. The lowest BCUT2D eigenvalue weighted by Crippen LogP contribution is -2.29. The topological polar surface area (TPSA) is 67.4 Å². The van der Waals surface area contributed by atoms with E-state index in [1.54, 1.807) is 24.3 Å². The number of para-hydroxylation sites is 3. The first-order valence-electron chi connectivity index (χ1n) is 8.49. The summed E-state index contributed by atoms with van der Waals surface area (Å²) in [7, 11) is 0. The average molecular weight is 340 g/mol. The highest BCUT2D eigenvalue weighted by atomic mass is 16.5. The summed E-state index contributed by atoms with van der Waals surface area (Å²) in [6, 6.07) is 14.6. The van der Waals surface area contributed by atoms with Crippen molar-refractivity contribution in [2.75, 3.05) is 17.2 Å². The third kappa shape index (κ3) is 4.83. The van der Waals surface area contributed by atoms with Gasteiger partial charge in [0.15, 0.2) is 0 Å². The van der Waals surface area contributed by atoms with Crippen molar-refractivity contribution >= 4 is 23.2 Å². The fourth-order valence-electron chi connectivity index (χ4n) is 2.47. The summed E-state index contributed by atoms with van der Waals surface area (Å²) in [5, 5.41) is 5.31. The largest absolute Gasteiger partial charge is 0.492 e. The van der Waals surface area contributed by atoms with E-state index in [1.807, 2.05) is 31.2 Å². The molecule has 132 valence electrons. The fourth-order valence-corrected chi connectivity index (χ4v) is 2.47. The number of hydrogen-bond acceptors (Lipinski definition) is 3. The third-order valence-corrected chi connectivity index (χ3v) is 3.99. The Morgan fingerprint density at radius 2 is 1.48 bits per heavy atom. The number of ether oxygens (including phenoxy) is 1. The predicted octanol–water partition coefficient (Wildman–Crippen LogP) is 4.18. The summed E-state index contributed by atoms with van der Waals surface area (Å²) >= 11 is 0. The van der Waals surface area contributed by atoms with Crippen LogP contribution in [0.5, 0.6) is 5.75 Å². The molecule has 0 aliphatic rings. The molecule has 2 aromatic rings. The van der Waals surface area contributed by atoms with Crippen LogP contribution in [0.15, 0.2) is 48.5 Å². The Morgan fingerprint density at radius 3 is 2.12 bits per heavy atom. The normalized spacial score (nSPS) is 11.5. The van der Waals surface area contributed by atoms with Crippen LogP contribution in [0.2, 0.25) is 0 Å². The predicted molar refractivity (Wildman–Crippen MR) is 100 cm³/mol. The molecule has 25 heavy (non-hydrogen) atoms. The zero-order valence-corrected chi connectivity index (χ0v) is 14.8. The number of amides is 2. The first-order chi connectivity index (χ1) is 12.1. The molecule has 0 saturated heterocycles. The van der Waals surface area contributed by atoms with Crippen LogP contribution in [-0.4, -0.2) is 18.4 Å². The third-order valence-electron chi connectivity index (χ3n) is 3.99. The Kier molecular flexibility index (Phi) is 6.57. The molecular formula is C20H24N2O3. The Bertz CT molecular complexity index is 743. The van der Waals surface area contributed by atoms with Gasteiger partial charge in [-0.05, 0) is 43.0 Å². The number of carbonyl (C=O) groups is 2. The lowest BCUT2D eigenvalue weighted by atomic mass is 9.97. The maximum atomic E-state index is 12.3. The Morgan fingerprint density at radius 1 is 0.920 bits per heavy atom. The molecule has 2 rings (SSSR count). The molecule has 5 nitrogen and oxygen atoms in total. The van der Waals surface area contributed by atoms with Crippen molar-refractivity contribution in [2.45, 2.75) is 33.1 Å². The molecule has 0 aliphatic carbocycles. The van der Waals surface area contributed by atoms with Crippen LogP contribution in [0.4, 0.5) is 11.4 Å². The van der Waals surface area contributed by atoms with Gasteiger partial charge in [-0.1, -0.05) is 44.2 Å². The number of carbonyl (C=O) groups excluding carboxylic acids is 2. The van der Waals surface area contributed by atoms with Gasteiger partial charge in [-0.15, -0.1) is 0 Å². The lowest BCUT2D eigenvalue weighted by Gasteiger charge is -2.16. The van der Waals surface area contributed by atoms with Crippen LogP contribution >= 0.6 is 0 Å². The average Bonchev–Trinajstić information content (AvgIpc) is 2.63. The van der Waals surface area contributed by atoms with Crippen molar-refractivity contribution in [2.24, 2.45) is 0 Å². The standard InChI is InChI=1S/C20H24N2O3/c1-4-14(3)15-10-6-7-11-16(15)21-19(23)20(24)22-17-12-8-9-13-18(17)25-5-2/h6-14H,4-5H2,1-3H3,(H,21,23)(H,22,24). The van der Waals surface area contributed by atoms with E-state index in [2.05, 4.69) is 24.5 Å². The minimum Gasteiger partial charge on any atom is -0.492 e. The summed E-state index contributed by atoms with van der Waals surface area (Å²) < 4.78 is 5.45. The molecule has 0 spiro atoms. The molecule has 0 bridgehead atoms. The number of benzene rings is 2. The van der Waals surface area contributed by atoms with E-state index in [1.165, 1.54) is 0 Å². The van der Waals surface area contributed by atoms with Crippen LogP contribution in [-0.2, 0) is 9.59 Å². The molecule has 5 heteroatoms. The molecule has 0 saturated carbocycles. The minimum atomic E-state index is -0.730. The summed E-state index contributed by atoms with van der Waals surface area (Å²) in [6.07, 6.45) is 0.945. The lowest BCUT2D eigenvalue weighted by molar-refractivity contribution is -0.133. The Labute approximate surface area is 148 Å². The minimum absolute atomic E-state index is 0.290. The fraction of sp³-hybridized carbons (Fsp3) is 0.300. The van der Waals surface area contributed by atoms with Crippen molar-refractivity contribution < 1.29 is 14.3 Å². The number of anilines is 2. The van der Waals surface area contributed by atoms with E-state index < -0.39 is 11.8 Å².